The molecule has 0 aromatic heterocycles. The Morgan fingerprint density at radius 2 is 2.42 bits per heavy atom. The highest BCUT2D eigenvalue weighted by atomic mass is 35.5. The molecule has 3 heteroatoms. The minimum atomic E-state index is 0.286. The highest BCUT2D eigenvalue weighted by Crippen LogP contribution is 2.18. The first-order valence-electron chi connectivity index (χ1n) is 4.61. The molecule has 0 spiro atoms. The average molecular weight is 190 g/mol. The molecule has 0 N–H and O–H groups in total. The van der Waals surface area contributed by atoms with Gasteiger partial charge in [-0.25, -0.2) is 0 Å². The normalized spacial score (nSPS) is 23.7. The van der Waals surface area contributed by atoms with Crippen LogP contribution in [0.15, 0.2) is 0 Å². The van der Waals surface area contributed by atoms with Crippen LogP contribution in [-0.4, -0.2) is 29.8 Å². The smallest absolute Gasteiger partial charge is 0.222 e. The summed E-state index contributed by atoms with van der Waals surface area (Å²) in [4.78, 5) is 13.3. The highest BCUT2D eigenvalue weighted by Gasteiger charge is 2.27. The topological polar surface area (TPSA) is 20.3 Å². The molecule has 1 aliphatic heterocycles. The van der Waals surface area contributed by atoms with Gasteiger partial charge in [0.15, 0.2) is 0 Å². The van der Waals surface area contributed by atoms with Crippen molar-refractivity contribution < 1.29 is 4.79 Å². The van der Waals surface area contributed by atoms with Gasteiger partial charge >= 0.3 is 0 Å². The summed E-state index contributed by atoms with van der Waals surface area (Å²) in [6.45, 7) is 3.94. The van der Waals surface area contributed by atoms with E-state index in [0.717, 1.165) is 25.9 Å². The third kappa shape index (κ3) is 2.37. The van der Waals surface area contributed by atoms with E-state index < -0.39 is 0 Å². The lowest BCUT2D eigenvalue weighted by molar-refractivity contribution is -0.127. The molecule has 1 saturated heterocycles. The summed E-state index contributed by atoms with van der Waals surface area (Å²) in [6, 6.07) is 0. The molecule has 1 aliphatic rings. The van der Waals surface area contributed by atoms with E-state index in [-0.39, 0.29) is 5.91 Å². The number of hydrogen-bond acceptors (Lipinski definition) is 1. The number of carbonyl (C=O) groups excluding carboxylic acids is 1. The van der Waals surface area contributed by atoms with Gasteiger partial charge in [0.05, 0.1) is 0 Å². The van der Waals surface area contributed by atoms with Gasteiger partial charge in [-0.3, -0.25) is 4.79 Å². The second-order valence-corrected chi connectivity index (χ2v) is 3.73. The van der Waals surface area contributed by atoms with Crippen LogP contribution in [0.3, 0.4) is 0 Å². The molecule has 0 aliphatic carbocycles. The Labute approximate surface area is 78.9 Å². The Bertz CT molecular complexity index is 161. The molecule has 70 valence electrons. The fourth-order valence-electron chi connectivity index (χ4n) is 1.52. The zero-order valence-electron chi connectivity index (χ0n) is 7.55. The van der Waals surface area contributed by atoms with E-state index in [2.05, 4.69) is 6.92 Å². The van der Waals surface area contributed by atoms with Gasteiger partial charge in [-0.1, -0.05) is 13.3 Å². The van der Waals surface area contributed by atoms with Gasteiger partial charge in [-0.2, -0.15) is 0 Å². The lowest BCUT2D eigenvalue weighted by atomic mass is 10.1. The molecule has 12 heavy (non-hydrogen) atoms. The van der Waals surface area contributed by atoms with Crippen molar-refractivity contribution in [3.05, 3.63) is 0 Å². The number of rotatable bonds is 4. The van der Waals surface area contributed by atoms with Gasteiger partial charge in [-0.05, 0) is 12.3 Å². The van der Waals surface area contributed by atoms with Crippen LogP contribution < -0.4 is 0 Å². The Morgan fingerprint density at radius 1 is 1.67 bits per heavy atom. The number of likely N-dealkylation sites (tertiary alicyclic amines) is 1. The van der Waals surface area contributed by atoms with E-state index >= 15 is 0 Å². The maximum absolute atomic E-state index is 11.3. The van der Waals surface area contributed by atoms with E-state index in [1.807, 2.05) is 4.90 Å². The van der Waals surface area contributed by atoms with Crippen LogP contribution in [0.4, 0.5) is 0 Å². The molecule has 0 aromatic carbocycles. The molecule has 2 nitrogen and oxygen atoms in total. The van der Waals surface area contributed by atoms with Crippen molar-refractivity contribution >= 4 is 17.5 Å². The Hall–Kier alpha value is -0.240. The van der Waals surface area contributed by atoms with Crippen molar-refractivity contribution in [1.82, 2.24) is 4.90 Å². The molecule has 1 atom stereocenters. The number of unbranched alkanes of at least 4 members (excludes halogenated alkanes) is 1. The molecule has 0 radical (unpaired) electrons. The molecule has 1 amide bonds. The number of carbonyl (C=O) groups is 1. The monoisotopic (exact) mass is 189 g/mol. The summed E-state index contributed by atoms with van der Waals surface area (Å²) in [5.74, 6) is 1.30. The third-order valence-corrected chi connectivity index (χ3v) is 2.73. The molecule has 1 unspecified atom stereocenters. The lowest BCUT2D eigenvalue weighted by Gasteiger charge is -2.15. The van der Waals surface area contributed by atoms with E-state index in [0.29, 0.717) is 18.2 Å². The lowest BCUT2D eigenvalue weighted by Crippen LogP contribution is -2.26. The first-order chi connectivity index (χ1) is 5.77. The quantitative estimate of drug-likeness (QED) is 0.619. The van der Waals surface area contributed by atoms with Gasteiger partial charge in [0.1, 0.15) is 0 Å². The minimum absolute atomic E-state index is 0.286. The van der Waals surface area contributed by atoms with Crippen LogP contribution in [-0.2, 0) is 4.79 Å². The Kier molecular flexibility index (Phi) is 3.86. The van der Waals surface area contributed by atoms with E-state index in [1.54, 1.807) is 0 Å². The summed E-state index contributed by atoms with van der Waals surface area (Å²) in [7, 11) is 0. The number of amides is 1. The van der Waals surface area contributed by atoms with Crippen LogP contribution in [0, 0.1) is 5.92 Å². The van der Waals surface area contributed by atoms with E-state index in [1.165, 1.54) is 0 Å². The summed E-state index contributed by atoms with van der Waals surface area (Å²) in [6.07, 6.45) is 2.92. The first kappa shape index (κ1) is 9.85. The molecule has 1 rings (SSSR count). The predicted molar refractivity (Wildman–Crippen MR) is 50.3 cm³/mol. The maximum atomic E-state index is 11.3. The van der Waals surface area contributed by atoms with Crippen molar-refractivity contribution in [2.75, 3.05) is 19.0 Å². The molecule has 0 bridgehead atoms. The number of halogens is 1. The van der Waals surface area contributed by atoms with Crippen molar-refractivity contribution in [3.8, 4) is 0 Å². The SMILES string of the molecule is CCCCN1CC(CCl)CC1=O. The zero-order chi connectivity index (χ0) is 8.97. The average Bonchev–Trinajstić information content (AvgIpc) is 2.43. The Balaban J connectivity index is 2.31. The van der Waals surface area contributed by atoms with Crippen molar-refractivity contribution in [2.45, 2.75) is 26.2 Å². The standard InChI is InChI=1S/C9H16ClNO/c1-2-3-4-11-7-8(6-10)5-9(11)12/h8H,2-7H2,1H3. The fraction of sp³-hybridized carbons (Fsp3) is 0.889. The van der Waals surface area contributed by atoms with Gasteiger partial charge in [0.25, 0.3) is 0 Å². The number of hydrogen-bond donors (Lipinski definition) is 0. The molecular formula is C9H16ClNO. The summed E-state index contributed by atoms with van der Waals surface area (Å²) in [5.41, 5.74) is 0. The van der Waals surface area contributed by atoms with Crippen LogP contribution in [0.2, 0.25) is 0 Å². The molecule has 0 saturated carbocycles. The molecule has 1 fully saturated rings. The van der Waals surface area contributed by atoms with Crippen molar-refractivity contribution in [1.29, 1.82) is 0 Å². The van der Waals surface area contributed by atoms with E-state index in [4.69, 9.17) is 11.6 Å². The third-order valence-electron chi connectivity index (χ3n) is 2.29. The van der Waals surface area contributed by atoms with Gasteiger partial charge in [0, 0.05) is 25.4 Å². The maximum Gasteiger partial charge on any atom is 0.222 e. The first-order valence-corrected chi connectivity index (χ1v) is 5.15. The predicted octanol–water partition coefficient (Wildman–Crippen LogP) is 1.87. The van der Waals surface area contributed by atoms with Crippen LogP contribution in [0.25, 0.3) is 0 Å². The van der Waals surface area contributed by atoms with Crippen molar-refractivity contribution in [2.24, 2.45) is 5.92 Å². The number of alkyl halides is 1. The van der Waals surface area contributed by atoms with E-state index in [9.17, 15) is 4.79 Å². The molecule has 0 aromatic rings. The second-order valence-electron chi connectivity index (χ2n) is 3.42. The minimum Gasteiger partial charge on any atom is -0.342 e. The Morgan fingerprint density at radius 3 is 2.92 bits per heavy atom. The van der Waals surface area contributed by atoms with Gasteiger partial charge in [-0.15, -0.1) is 11.6 Å². The highest BCUT2D eigenvalue weighted by molar-refractivity contribution is 6.18. The van der Waals surface area contributed by atoms with Crippen LogP contribution in [0.1, 0.15) is 26.2 Å². The summed E-state index contributed by atoms with van der Waals surface area (Å²) in [5, 5.41) is 0. The second kappa shape index (κ2) is 4.70. The largest absolute Gasteiger partial charge is 0.342 e. The molecule has 1 heterocycles. The van der Waals surface area contributed by atoms with Crippen LogP contribution in [0.5, 0.6) is 0 Å². The van der Waals surface area contributed by atoms with Crippen molar-refractivity contribution in [3.63, 3.8) is 0 Å². The van der Waals surface area contributed by atoms with Gasteiger partial charge < -0.3 is 4.90 Å². The molecular weight excluding hydrogens is 174 g/mol. The zero-order valence-corrected chi connectivity index (χ0v) is 8.31. The van der Waals surface area contributed by atoms with Gasteiger partial charge in [0.2, 0.25) is 5.91 Å². The summed E-state index contributed by atoms with van der Waals surface area (Å²) >= 11 is 5.69. The van der Waals surface area contributed by atoms with Crippen LogP contribution >= 0.6 is 11.6 Å². The number of nitrogens with zero attached hydrogens (tertiary/aromatic N) is 1. The fourth-order valence-corrected chi connectivity index (χ4v) is 1.73. The summed E-state index contributed by atoms with van der Waals surface area (Å²) < 4.78 is 0.